The quantitative estimate of drug-likeness (QED) is 0.472. The van der Waals surface area contributed by atoms with Crippen molar-refractivity contribution >= 4 is 54.9 Å². The number of carbonyl (C=O) groups is 2. The molecule has 2 amide bonds. The van der Waals surface area contributed by atoms with Gasteiger partial charge in [0.25, 0.3) is 5.91 Å². The van der Waals surface area contributed by atoms with Crippen LogP contribution >= 0.6 is 23.2 Å². The Morgan fingerprint density at radius 2 is 1.64 bits per heavy atom. The van der Waals surface area contributed by atoms with E-state index < -0.39 is 67.1 Å². The van der Waals surface area contributed by atoms with E-state index >= 15 is 0 Å². The minimum atomic E-state index is -3.88. The summed E-state index contributed by atoms with van der Waals surface area (Å²) in [6.07, 6.45) is -2.03. The summed E-state index contributed by atoms with van der Waals surface area (Å²) in [6.45, 7) is 6.37. The summed E-state index contributed by atoms with van der Waals surface area (Å²) in [5, 5.41) is 0.871. The number of sulfonamides is 1. The smallest absolute Gasteiger partial charge is 0.253 e. The van der Waals surface area contributed by atoms with Gasteiger partial charge in [0, 0.05) is 16.1 Å². The molecule has 214 valence electrons. The molecule has 1 N–H and O–H groups in total. The van der Waals surface area contributed by atoms with E-state index in [0.717, 1.165) is 6.26 Å². The molecular formula is C26H32Cl2N2O7S2. The van der Waals surface area contributed by atoms with Gasteiger partial charge in [0.15, 0.2) is 9.84 Å². The fourth-order valence-electron chi connectivity index (χ4n) is 4.39. The van der Waals surface area contributed by atoms with Crippen molar-refractivity contribution in [3.05, 3.63) is 69.7 Å². The number of nitrogens with zero attached hydrogens (tertiary/aromatic N) is 1. The lowest BCUT2D eigenvalue weighted by atomic mass is 9.90. The number of hydrogen-bond acceptors (Lipinski definition) is 7. The van der Waals surface area contributed by atoms with Crippen LogP contribution in [0.25, 0.3) is 0 Å². The normalized spacial score (nSPS) is 21.5. The Balaban J connectivity index is 2.16. The molecule has 1 heterocycles. The van der Waals surface area contributed by atoms with Crippen LogP contribution in [0.5, 0.6) is 0 Å². The van der Waals surface area contributed by atoms with Gasteiger partial charge in [0.2, 0.25) is 15.9 Å². The van der Waals surface area contributed by atoms with Gasteiger partial charge in [-0.05, 0) is 63.1 Å². The van der Waals surface area contributed by atoms with E-state index in [1.807, 2.05) is 4.72 Å². The number of sulfone groups is 1. The number of rotatable bonds is 8. The van der Waals surface area contributed by atoms with Gasteiger partial charge in [-0.25, -0.2) is 16.8 Å². The van der Waals surface area contributed by atoms with Gasteiger partial charge >= 0.3 is 0 Å². The zero-order chi connectivity index (χ0) is 29.3. The molecule has 0 radical (unpaired) electrons. The van der Waals surface area contributed by atoms with Crippen LogP contribution in [0.4, 0.5) is 0 Å². The van der Waals surface area contributed by atoms with Gasteiger partial charge in [-0.15, -0.1) is 0 Å². The Labute approximate surface area is 239 Å². The van der Waals surface area contributed by atoms with E-state index in [9.17, 15) is 26.4 Å². The molecule has 1 fully saturated rings. The number of carbonyl (C=O) groups excluding carboxylic acids is 2. The maximum Gasteiger partial charge on any atom is 0.253 e. The summed E-state index contributed by atoms with van der Waals surface area (Å²) >= 11 is 12.4. The van der Waals surface area contributed by atoms with E-state index in [-0.39, 0.29) is 5.75 Å². The van der Waals surface area contributed by atoms with Gasteiger partial charge in [0.05, 0.1) is 29.2 Å². The predicted octanol–water partition coefficient (Wildman–Crippen LogP) is 4.07. The first-order valence-corrected chi connectivity index (χ1v) is 16.4. The molecule has 39 heavy (non-hydrogen) atoms. The van der Waals surface area contributed by atoms with E-state index in [4.69, 9.17) is 27.9 Å². The Morgan fingerprint density at radius 1 is 1.03 bits per heavy atom. The second-order valence-electron chi connectivity index (χ2n) is 10.6. The zero-order valence-electron chi connectivity index (χ0n) is 22.2. The van der Waals surface area contributed by atoms with Crippen LogP contribution < -0.4 is 4.72 Å². The largest absolute Gasteiger partial charge is 0.357 e. The van der Waals surface area contributed by atoms with Gasteiger partial charge in [0.1, 0.15) is 12.2 Å². The molecule has 0 unspecified atom stereocenters. The lowest BCUT2D eigenvalue weighted by Gasteiger charge is -2.47. The van der Waals surface area contributed by atoms with E-state index in [0.29, 0.717) is 21.2 Å². The van der Waals surface area contributed by atoms with E-state index in [1.54, 1.807) is 76.2 Å². The molecule has 0 saturated carbocycles. The Kier molecular flexibility index (Phi) is 9.44. The molecule has 9 nitrogen and oxygen atoms in total. The van der Waals surface area contributed by atoms with Crippen molar-refractivity contribution in [1.29, 1.82) is 0 Å². The molecule has 0 aromatic heterocycles. The third kappa shape index (κ3) is 7.73. The molecule has 2 aromatic carbocycles. The number of morpholine rings is 1. The summed E-state index contributed by atoms with van der Waals surface area (Å²) in [7, 11) is -7.55. The number of nitrogens with one attached hydrogen (secondary N) is 1. The minimum Gasteiger partial charge on any atom is -0.357 e. The number of benzene rings is 2. The molecule has 1 saturated heterocycles. The maximum absolute atomic E-state index is 13.9. The Hall–Kier alpha value is -2.18. The van der Waals surface area contributed by atoms with Crippen molar-refractivity contribution in [2.75, 3.05) is 12.0 Å². The zero-order valence-corrected chi connectivity index (χ0v) is 25.4. The molecular weight excluding hydrogens is 587 g/mol. The second-order valence-corrected chi connectivity index (χ2v) is 16.0. The fourth-order valence-corrected chi connectivity index (χ4v) is 6.51. The highest BCUT2D eigenvalue weighted by atomic mass is 35.5. The summed E-state index contributed by atoms with van der Waals surface area (Å²) in [6, 6.07) is 11.9. The summed E-state index contributed by atoms with van der Waals surface area (Å²) in [5.74, 6) is -1.93. The molecule has 0 bridgehead atoms. The Morgan fingerprint density at radius 3 is 2.18 bits per heavy atom. The van der Waals surface area contributed by atoms with Crippen LogP contribution in [-0.2, 0) is 34.2 Å². The van der Waals surface area contributed by atoms with Crippen molar-refractivity contribution in [3.63, 3.8) is 0 Å². The first-order chi connectivity index (χ1) is 17.9. The minimum absolute atomic E-state index is 0.350. The van der Waals surface area contributed by atoms with Gasteiger partial charge in [-0.1, -0.05) is 47.5 Å². The third-order valence-corrected chi connectivity index (χ3v) is 10.2. The molecule has 13 heteroatoms. The monoisotopic (exact) mass is 618 g/mol. The van der Waals surface area contributed by atoms with Crippen LogP contribution in [0.15, 0.2) is 48.5 Å². The fraction of sp³-hybridized carbons (Fsp3) is 0.462. The van der Waals surface area contributed by atoms with Crippen molar-refractivity contribution in [3.8, 4) is 0 Å². The van der Waals surface area contributed by atoms with Crippen LogP contribution in [-0.4, -0.2) is 62.5 Å². The SMILES string of the molecule is C[C@@H](CS(=O)(=O)C(C)(C)C)N1C(=O)[C@H](CC(=O)NS(C)(=O)=O)O[C@H](c2cccc(Cl)c2)[C@H]1c1ccc(Cl)cc1. The highest BCUT2D eigenvalue weighted by molar-refractivity contribution is 7.92. The van der Waals surface area contributed by atoms with Crippen LogP contribution in [0, 0.1) is 0 Å². The molecule has 0 aliphatic carbocycles. The maximum atomic E-state index is 13.9. The summed E-state index contributed by atoms with van der Waals surface area (Å²) < 4.78 is 56.6. The summed E-state index contributed by atoms with van der Waals surface area (Å²) in [4.78, 5) is 27.9. The van der Waals surface area contributed by atoms with Crippen LogP contribution in [0.2, 0.25) is 10.0 Å². The number of hydrogen-bond donors (Lipinski definition) is 1. The molecule has 3 rings (SSSR count). The van der Waals surface area contributed by atoms with Gasteiger partial charge in [-0.3, -0.25) is 14.3 Å². The number of halogens is 2. The van der Waals surface area contributed by atoms with Crippen molar-refractivity contribution in [2.45, 2.75) is 63.2 Å². The van der Waals surface area contributed by atoms with Crippen LogP contribution in [0.3, 0.4) is 0 Å². The standard InChI is InChI=1S/C26H32Cl2N2O7S2/c1-16(15-39(35,36)26(2,3)4)30-23(17-9-11-19(27)12-10-17)24(18-7-6-8-20(28)13-18)37-21(25(30)32)14-22(31)29-38(5,33)34/h6-13,16,21,23-24H,14-15H2,1-5H3,(H,29,31)/t16-,21-,23+,24+/m0/s1. The number of ether oxygens (including phenoxy) is 1. The Bertz CT molecular complexity index is 1440. The average Bonchev–Trinajstić information content (AvgIpc) is 2.78. The van der Waals surface area contributed by atoms with Crippen molar-refractivity contribution < 1.29 is 31.2 Å². The van der Waals surface area contributed by atoms with Gasteiger partial charge in [-0.2, -0.15) is 0 Å². The van der Waals surface area contributed by atoms with E-state index in [2.05, 4.69) is 0 Å². The predicted molar refractivity (Wildman–Crippen MR) is 151 cm³/mol. The number of amides is 2. The molecule has 0 spiro atoms. The van der Waals surface area contributed by atoms with Crippen LogP contribution in [0.1, 0.15) is 57.4 Å². The lowest BCUT2D eigenvalue weighted by Crippen LogP contribution is -2.57. The highest BCUT2D eigenvalue weighted by Crippen LogP contribution is 2.44. The van der Waals surface area contributed by atoms with Crippen molar-refractivity contribution in [1.82, 2.24) is 9.62 Å². The third-order valence-electron chi connectivity index (χ3n) is 6.35. The average molecular weight is 620 g/mol. The molecule has 4 atom stereocenters. The lowest BCUT2D eigenvalue weighted by molar-refractivity contribution is -0.179. The summed E-state index contributed by atoms with van der Waals surface area (Å²) in [5.41, 5.74) is 1.20. The first-order valence-electron chi connectivity index (χ1n) is 12.1. The molecule has 2 aromatic rings. The van der Waals surface area contributed by atoms with E-state index in [1.165, 1.54) is 4.90 Å². The topological polar surface area (TPSA) is 127 Å². The highest BCUT2D eigenvalue weighted by Gasteiger charge is 2.48. The van der Waals surface area contributed by atoms with Gasteiger partial charge < -0.3 is 9.64 Å². The molecule has 1 aliphatic heterocycles. The van der Waals surface area contributed by atoms with Crippen molar-refractivity contribution in [2.24, 2.45) is 0 Å². The first kappa shape index (κ1) is 31.3. The second kappa shape index (κ2) is 11.7. The molecule has 1 aliphatic rings.